The lowest BCUT2D eigenvalue weighted by molar-refractivity contribution is 0.437. The Morgan fingerprint density at radius 2 is 2.29 bits per heavy atom. The van der Waals surface area contributed by atoms with Crippen LogP contribution in [-0.4, -0.2) is 14.9 Å². The Hall–Kier alpha value is -1.78. The zero-order chi connectivity index (χ0) is 10.1. The quantitative estimate of drug-likeness (QED) is 0.786. The summed E-state index contributed by atoms with van der Waals surface area (Å²) < 4.78 is 6.68. The first-order valence-electron chi connectivity index (χ1n) is 4.44. The molecule has 0 saturated heterocycles. The zero-order valence-electron chi connectivity index (χ0n) is 8.14. The molecule has 0 radical (unpaired) electrons. The number of hydrogen-bond donors (Lipinski definition) is 1. The van der Waals surface area contributed by atoms with Crippen molar-refractivity contribution in [2.45, 2.75) is 19.9 Å². The molecule has 2 aromatic rings. The van der Waals surface area contributed by atoms with Gasteiger partial charge in [-0.1, -0.05) is 5.16 Å². The van der Waals surface area contributed by atoms with E-state index in [0.29, 0.717) is 11.6 Å². The molecule has 74 valence electrons. The molecule has 2 rings (SSSR count). The van der Waals surface area contributed by atoms with Gasteiger partial charge in [0.25, 0.3) is 0 Å². The van der Waals surface area contributed by atoms with Gasteiger partial charge in [0.1, 0.15) is 5.69 Å². The van der Waals surface area contributed by atoms with E-state index < -0.39 is 0 Å². The molecule has 14 heavy (non-hydrogen) atoms. The van der Waals surface area contributed by atoms with Crippen molar-refractivity contribution in [3.05, 3.63) is 18.3 Å². The third-order valence-corrected chi connectivity index (χ3v) is 1.95. The second kappa shape index (κ2) is 3.17. The van der Waals surface area contributed by atoms with Crippen LogP contribution in [0, 0.1) is 0 Å². The summed E-state index contributed by atoms with van der Waals surface area (Å²) >= 11 is 0. The van der Waals surface area contributed by atoms with Crippen LogP contribution in [0.2, 0.25) is 0 Å². The summed E-state index contributed by atoms with van der Waals surface area (Å²) in [5.74, 6) is 0.316. The van der Waals surface area contributed by atoms with Gasteiger partial charge in [-0.15, -0.1) is 0 Å². The summed E-state index contributed by atoms with van der Waals surface area (Å²) in [6.45, 7) is 4.11. The molecular formula is C9H12N4O. The second-order valence-electron chi connectivity index (χ2n) is 3.37. The van der Waals surface area contributed by atoms with Crippen molar-refractivity contribution in [2.75, 3.05) is 5.73 Å². The maximum Gasteiger partial charge on any atom is 0.222 e. The number of rotatable bonds is 2. The Kier molecular flexibility index (Phi) is 1.99. The van der Waals surface area contributed by atoms with Crippen LogP contribution >= 0.6 is 0 Å². The number of hydrogen-bond acceptors (Lipinski definition) is 4. The first kappa shape index (κ1) is 8.80. The highest BCUT2D eigenvalue weighted by Crippen LogP contribution is 2.22. The topological polar surface area (TPSA) is 69.9 Å². The van der Waals surface area contributed by atoms with Crippen molar-refractivity contribution >= 4 is 5.88 Å². The van der Waals surface area contributed by atoms with E-state index in [1.165, 1.54) is 0 Å². The summed E-state index contributed by atoms with van der Waals surface area (Å²) in [5.41, 5.74) is 7.09. The van der Waals surface area contributed by atoms with Gasteiger partial charge in [-0.25, -0.2) is 0 Å². The van der Waals surface area contributed by atoms with Crippen molar-refractivity contribution < 1.29 is 4.52 Å². The Bertz CT molecular complexity index is 429. The van der Waals surface area contributed by atoms with Gasteiger partial charge in [0.05, 0.1) is 5.69 Å². The van der Waals surface area contributed by atoms with Crippen molar-refractivity contribution in [1.82, 2.24) is 14.9 Å². The molecule has 0 aliphatic carbocycles. The highest BCUT2D eigenvalue weighted by Gasteiger charge is 2.11. The van der Waals surface area contributed by atoms with E-state index in [2.05, 4.69) is 24.1 Å². The number of anilines is 1. The van der Waals surface area contributed by atoms with Gasteiger partial charge in [-0.05, 0) is 19.9 Å². The second-order valence-corrected chi connectivity index (χ2v) is 3.37. The standard InChI is InChI=1S/C9H12N4O/c1-6(2)13-8(3-4-11-13)7-5-9(10)14-12-7/h3-6H,10H2,1-2H3. The van der Waals surface area contributed by atoms with E-state index in [4.69, 9.17) is 10.3 Å². The molecule has 0 aromatic carbocycles. The molecule has 0 unspecified atom stereocenters. The van der Waals surface area contributed by atoms with Crippen molar-refractivity contribution in [3.8, 4) is 11.4 Å². The summed E-state index contributed by atoms with van der Waals surface area (Å²) in [7, 11) is 0. The Balaban J connectivity index is 2.46. The van der Waals surface area contributed by atoms with E-state index >= 15 is 0 Å². The number of nitrogens with two attached hydrogens (primary N) is 1. The Morgan fingerprint density at radius 3 is 2.86 bits per heavy atom. The summed E-state index contributed by atoms with van der Waals surface area (Å²) in [5, 5.41) is 8.04. The first-order chi connectivity index (χ1) is 6.68. The molecule has 2 heterocycles. The largest absolute Gasteiger partial charge is 0.368 e. The fraction of sp³-hybridized carbons (Fsp3) is 0.333. The predicted octanol–water partition coefficient (Wildman–Crippen LogP) is 1.70. The monoisotopic (exact) mass is 192 g/mol. The van der Waals surface area contributed by atoms with Crippen molar-refractivity contribution in [1.29, 1.82) is 0 Å². The third-order valence-electron chi connectivity index (χ3n) is 1.95. The molecule has 0 atom stereocenters. The normalized spacial score (nSPS) is 11.1. The summed E-state index contributed by atoms with van der Waals surface area (Å²) in [6.07, 6.45) is 1.74. The number of nitrogens with zero attached hydrogens (tertiary/aromatic N) is 3. The van der Waals surface area contributed by atoms with Crippen LogP contribution in [0.25, 0.3) is 11.4 Å². The SMILES string of the molecule is CC(C)n1nccc1-c1cc(N)on1. The molecule has 5 heteroatoms. The fourth-order valence-electron chi connectivity index (χ4n) is 1.34. The highest BCUT2D eigenvalue weighted by molar-refractivity contribution is 5.56. The van der Waals surface area contributed by atoms with E-state index in [9.17, 15) is 0 Å². The molecule has 0 aliphatic rings. The molecule has 0 saturated carbocycles. The van der Waals surface area contributed by atoms with Crippen LogP contribution in [0.5, 0.6) is 0 Å². The molecular weight excluding hydrogens is 180 g/mol. The molecule has 5 nitrogen and oxygen atoms in total. The molecule has 0 aliphatic heterocycles. The van der Waals surface area contributed by atoms with Gasteiger partial charge in [-0.3, -0.25) is 4.68 Å². The van der Waals surface area contributed by atoms with E-state index in [1.54, 1.807) is 12.3 Å². The Morgan fingerprint density at radius 1 is 1.50 bits per heavy atom. The van der Waals surface area contributed by atoms with Gasteiger partial charge in [0, 0.05) is 18.3 Å². The third kappa shape index (κ3) is 1.37. The fourth-order valence-corrected chi connectivity index (χ4v) is 1.34. The molecule has 2 N–H and O–H groups in total. The van der Waals surface area contributed by atoms with Crippen LogP contribution in [-0.2, 0) is 0 Å². The minimum Gasteiger partial charge on any atom is -0.368 e. The van der Waals surface area contributed by atoms with Gasteiger partial charge < -0.3 is 10.3 Å². The average Bonchev–Trinajstić information content (AvgIpc) is 2.70. The Labute approximate surface area is 81.5 Å². The maximum absolute atomic E-state index is 5.45. The number of aromatic nitrogens is 3. The van der Waals surface area contributed by atoms with Crippen LogP contribution in [0.1, 0.15) is 19.9 Å². The van der Waals surface area contributed by atoms with Gasteiger partial charge in [0.15, 0.2) is 0 Å². The summed E-state index contributed by atoms with van der Waals surface area (Å²) in [6, 6.07) is 3.87. The van der Waals surface area contributed by atoms with Crippen LogP contribution in [0.3, 0.4) is 0 Å². The maximum atomic E-state index is 5.45. The van der Waals surface area contributed by atoms with E-state index in [1.807, 2.05) is 10.7 Å². The lowest BCUT2D eigenvalue weighted by Gasteiger charge is -2.07. The van der Waals surface area contributed by atoms with E-state index in [0.717, 1.165) is 5.69 Å². The predicted molar refractivity (Wildman–Crippen MR) is 52.5 cm³/mol. The lowest BCUT2D eigenvalue weighted by atomic mass is 10.3. The zero-order valence-corrected chi connectivity index (χ0v) is 8.14. The highest BCUT2D eigenvalue weighted by atomic mass is 16.5. The molecule has 0 fully saturated rings. The lowest BCUT2D eigenvalue weighted by Crippen LogP contribution is -2.04. The molecule has 0 bridgehead atoms. The van der Waals surface area contributed by atoms with E-state index in [-0.39, 0.29) is 6.04 Å². The van der Waals surface area contributed by atoms with Crippen molar-refractivity contribution in [3.63, 3.8) is 0 Å². The van der Waals surface area contributed by atoms with Crippen LogP contribution in [0.15, 0.2) is 22.9 Å². The van der Waals surface area contributed by atoms with Gasteiger partial charge in [0.2, 0.25) is 5.88 Å². The minimum atomic E-state index is 0.290. The minimum absolute atomic E-state index is 0.290. The van der Waals surface area contributed by atoms with Crippen LogP contribution in [0.4, 0.5) is 5.88 Å². The first-order valence-corrected chi connectivity index (χ1v) is 4.44. The average molecular weight is 192 g/mol. The van der Waals surface area contributed by atoms with Crippen molar-refractivity contribution in [2.24, 2.45) is 0 Å². The van der Waals surface area contributed by atoms with Gasteiger partial charge in [-0.2, -0.15) is 5.10 Å². The summed E-state index contributed by atoms with van der Waals surface area (Å²) in [4.78, 5) is 0. The van der Waals surface area contributed by atoms with Gasteiger partial charge >= 0.3 is 0 Å². The molecule has 2 aromatic heterocycles. The molecule has 0 spiro atoms. The van der Waals surface area contributed by atoms with Crippen LogP contribution < -0.4 is 5.73 Å². The molecule has 0 amide bonds. The smallest absolute Gasteiger partial charge is 0.222 e. The number of nitrogen functional groups attached to an aromatic ring is 1.